The Labute approximate surface area is 440 Å². The van der Waals surface area contributed by atoms with E-state index in [0.29, 0.717) is 129 Å². The summed E-state index contributed by atoms with van der Waals surface area (Å²) in [5, 5.41) is 13.9. The molecule has 2 unspecified atom stereocenters. The molecule has 26 heteroatoms. The van der Waals surface area contributed by atoms with Gasteiger partial charge in [-0.1, -0.05) is 12.1 Å². The Morgan fingerprint density at radius 2 is 1.47 bits per heavy atom. The lowest BCUT2D eigenvalue weighted by atomic mass is 9.78. The largest absolute Gasteiger partial charge is 0.505 e. The summed E-state index contributed by atoms with van der Waals surface area (Å²) in [4.78, 5) is 32.6. The quantitative estimate of drug-likeness (QED) is 0.0316. The fourth-order valence-electron chi connectivity index (χ4n) is 9.42. The van der Waals surface area contributed by atoms with E-state index in [1.54, 1.807) is 17.1 Å². The molecule has 2 saturated heterocycles. The summed E-state index contributed by atoms with van der Waals surface area (Å²) in [5.74, 6) is -2.64. The maximum atomic E-state index is 13.7. The number of fused-ring (bicyclic) bond motifs is 1. The highest BCUT2D eigenvalue weighted by atomic mass is 35.5. The van der Waals surface area contributed by atoms with Crippen molar-refractivity contribution in [1.82, 2.24) is 34.7 Å². The van der Waals surface area contributed by atoms with Crippen LogP contribution in [0.4, 0.5) is 19.0 Å². The number of carbonyl (C=O) groups is 1. The lowest BCUT2D eigenvalue weighted by Crippen LogP contribution is -2.55. The molecule has 3 aliphatic rings. The highest BCUT2D eigenvalue weighted by Crippen LogP contribution is 2.49. The lowest BCUT2D eigenvalue weighted by Gasteiger charge is -2.49. The van der Waals surface area contributed by atoms with Crippen LogP contribution in [0.3, 0.4) is 0 Å². The highest BCUT2D eigenvalue weighted by Gasteiger charge is 2.49. The third-order valence-electron chi connectivity index (χ3n) is 13.1. The van der Waals surface area contributed by atoms with Gasteiger partial charge in [-0.3, -0.25) is 4.79 Å². The van der Waals surface area contributed by atoms with Crippen LogP contribution in [0.25, 0.3) is 11.0 Å². The van der Waals surface area contributed by atoms with Gasteiger partial charge in [0, 0.05) is 55.0 Å². The second-order valence-corrected chi connectivity index (χ2v) is 20.4. The van der Waals surface area contributed by atoms with Crippen molar-refractivity contribution in [1.29, 1.82) is 0 Å². The van der Waals surface area contributed by atoms with Gasteiger partial charge in [-0.2, -0.15) is 20.0 Å². The van der Waals surface area contributed by atoms with Crippen molar-refractivity contribution < 1.29 is 74.8 Å². The van der Waals surface area contributed by atoms with Crippen LogP contribution in [-0.2, 0) is 76.3 Å². The number of ketones is 1. The summed E-state index contributed by atoms with van der Waals surface area (Å²) in [6.45, 7) is 10.9. The third kappa shape index (κ3) is 18.9. The van der Waals surface area contributed by atoms with Crippen LogP contribution in [0, 0.1) is 28.8 Å². The summed E-state index contributed by atoms with van der Waals surface area (Å²) < 4.78 is 112. The second kappa shape index (κ2) is 30.9. The van der Waals surface area contributed by atoms with Gasteiger partial charge in [0.05, 0.1) is 149 Å². The van der Waals surface area contributed by atoms with Gasteiger partial charge in [0.1, 0.15) is 34.7 Å². The van der Waals surface area contributed by atoms with E-state index in [1.807, 2.05) is 4.68 Å². The van der Waals surface area contributed by atoms with Crippen molar-refractivity contribution in [2.45, 2.75) is 89.9 Å². The van der Waals surface area contributed by atoms with Gasteiger partial charge < -0.3 is 52.3 Å². The number of ether oxygens (including phenoxy) is 10. The molecule has 1 aliphatic carbocycles. The Morgan fingerprint density at radius 1 is 0.853 bits per heavy atom. The van der Waals surface area contributed by atoms with Gasteiger partial charge in [-0.15, -0.1) is 5.10 Å². The molecule has 416 valence electrons. The molecule has 0 bridgehead atoms. The molecule has 1 spiro atoms. The fraction of sp³-hybridized carbons (Fsp3) is 0.714. The molecular weight excluding hydrogens is 1030 g/mol. The number of hydrogen-bond acceptors (Lipinski definition) is 18. The van der Waals surface area contributed by atoms with Crippen LogP contribution < -0.4 is 4.90 Å². The van der Waals surface area contributed by atoms with Crippen molar-refractivity contribution in [3.05, 3.63) is 58.5 Å². The van der Waals surface area contributed by atoms with Crippen molar-refractivity contribution in [3.8, 4) is 0 Å². The second-order valence-electron chi connectivity index (χ2n) is 18.9. The van der Waals surface area contributed by atoms with E-state index in [-0.39, 0.29) is 67.5 Å². The van der Waals surface area contributed by atoms with Gasteiger partial charge in [0.2, 0.25) is 5.28 Å². The van der Waals surface area contributed by atoms with Crippen molar-refractivity contribution in [3.63, 3.8) is 0 Å². The maximum Gasteiger partial charge on any atom is 0.505 e. The average molecular weight is 1100 g/mol. The summed E-state index contributed by atoms with van der Waals surface area (Å²) in [6, 6.07) is 1.10. The third-order valence-corrected chi connectivity index (χ3v) is 14.0. The normalized spacial score (nSPS) is 19.5. The number of Topliss-reactive ketones (excluding diaryl/α,β-unsaturated/α-hetero) is 1. The van der Waals surface area contributed by atoms with Crippen molar-refractivity contribution in [2.75, 3.05) is 130 Å². The number of carbonyl (C=O) groups excluding carboxylic acids is 1. The zero-order chi connectivity index (χ0) is 52.8. The van der Waals surface area contributed by atoms with Crippen molar-refractivity contribution in [2.24, 2.45) is 11.3 Å². The Morgan fingerprint density at radius 3 is 2.12 bits per heavy atom. The minimum absolute atomic E-state index is 0.00176. The number of halogens is 4. The summed E-state index contributed by atoms with van der Waals surface area (Å²) >= 11 is 6.48. The molecule has 1 saturated carbocycles. The molecular formula is C49H70ClF3N8O13P+. The summed E-state index contributed by atoms with van der Waals surface area (Å²) in [7, 11) is -2.14. The maximum absolute atomic E-state index is 13.7. The van der Waals surface area contributed by atoms with Crippen molar-refractivity contribution >= 4 is 42.3 Å². The van der Waals surface area contributed by atoms with Gasteiger partial charge >= 0.3 is 8.03 Å². The molecule has 2 aliphatic heterocycles. The number of rotatable bonds is 38. The molecule has 0 radical (unpaired) electrons. The van der Waals surface area contributed by atoms with Crippen LogP contribution in [0.1, 0.15) is 69.4 Å². The first-order valence-corrected chi connectivity index (χ1v) is 27.4. The summed E-state index contributed by atoms with van der Waals surface area (Å²) in [5.41, 5.74) is 1.07. The van der Waals surface area contributed by atoms with E-state index in [1.165, 1.54) is 0 Å². The molecule has 5 heterocycles. The molecule has 7 rings (SSSR count). The number of hydrogen-bond donors (Lipinski definition) is 1. The molecule has 4 aromatic rings. The Balaban J connectivity index is 0.612. The SMILES string of the molecule is C[C@@H]1C[C@@H](CCC[P+](=O)O)O[C@H]1n1ncc2c(N3CC4(CCC(OCCOCCOCCOCCOCc5cn(CCOCCOCCOCCOCCC(=O)Cc6c(F)cc(F)cc6F)nn5)C4)C3)nc(Cl)nc21. The number of nitrogens with zero attached hydrogens (tertiary/aromatic N) is 8. The minimum Gasteiger partial charge on any atom is -0.379 e. The predicted octanol–water partition coefficient (Wildman–Crippen LogP) is 5.84. The Kier molecular flexibility index (Phi) is 24.2. The average Bonchev–Trinajstić information content (AvgIpc) is 4.20. The van der Waals surface area contributed by atoms with E-state index in [2.05, 4.69) is 37.2 Å². The molecule has 75 heavy (non-hydrogen) atoms. The lowest BCUT2D eigenvalue weighted by molar-refractivity contribution is -0.119. The van der Waals surface area contributed by atoms with Crippen LogP contribution in [0.2, 0.25) is 5.28 Å². The van der Waals surface area contributed by atoms with Gasteiger partial charge in [0.25, 0.3) is 0 Å². The smallest absolute Gasteiger partial charge is 0.379 e. The molecule has 1 N–H and O–H groups in total. The minimum atomic E-state index is -2.14. The standard InChI is InChI=1S/C49H69ClF3N8O13P/c1-35-25-39(3-2-24-75(63)64)74-47(35)61-46-42(30-54-61)45(55-48(50)56-46)59-33-49(34-59)6-4-40(29-49)73-23-22-71-19-18-69-16-17-70-20-21-72-32-37-31-60(58-57-37)7-9-66-11-13-68-15-14-67-12-10-65-8-5-38(62)28-41-43(52)26-36(51)27-44(41)53/h26-27,30-31,35,39-40,47H,2-25,28-29,32-34H2,1H3/p+1/t35-,39-,40?,47-/m1/s1. The number of aromatic nitrogens is 7. The van der Waals surface area contributed by atoms with Gasteiger partial charge in [0.15, 0.2) is 18.0 Å². The molecule has 0 amide bonds. The first kappa shape index (κ1) is 58.8. The van der Waals surface area contributed by atoms with E-state index < -0.39 is 43.2 Å². The van der Waals surface area contributed by atoms with Gasteiger partial charge in [-0.05, 0) is 54.7 Å². The first-order chi connectivity index (χ1) is 36.4. The molecule has 3 aromatic heterocycles. The molecule has 3 fully saturated rings. The molecule has 5 atom stereocenters. The monoisotopic (exact) mass is 1100 g/mol. The zero-order valence-electron chi connectivity index (χ0n) is 42.5. The number of benzene rings is 1. The number of anilines is 1. The predicted molar refractivity (Wildman–Crippen MR) is 265 cm³/mol. The summed E-state index contributed by atoms with van der Waals surface area (Å²) in [6.07, 6.45) is 8.55. The van der Waals surface area contributed by atoms with E-state index in [9.17, 15) is 22.5 Å². The first-order valence-electron chi connectivity index (χ1n) is 25.7. The Bertz CT molecular complexity index is 2370. The zero-order valence-corrected chi connectivity index (χ0v) is 44.2. The van der Waals surface area contributed by atoms with Crippen LogP contribution >= 0.6 is 19.6 Å². The van der Waals surface area contributed by atoms with E-state index >= 15 is 0 Å². The molecule has 21 nitrogen and oxygen atoms in total. The van der Waals surface area contributed by atoms with Gasteiger partial charge in [-0.25, -0.2) is 22.5 Å². The highest BCUT2D eigenvalue weighted by molar-refractivity contribution is 7.37. The molecule has 1 aromatic carbocycles. The van der Waals surface area contributed by atoms with Crippen LogP contribution in [0.5, 0.6) is 0 Å². The van der Waals surface area contributed by atoms with E-state index in [4.69, 9.17) is 63.9 Å². The fourth-order valence-corrected chi connectivity index (χ4v) is 10.0. The Hall–Kier alpha value is -3.88. The van der Waals surface area contributed by atoms with Crippen LogP contribution in [-0.4, -0.2) is 183 Å². The van der Waals surface area contributed by atoms with E-state index in [0.717, 1.165) is 56.4 Å². The van der Waals surface area contributed by atoms with Crippen LogP contribution in [0.15, 0.2) is 24.5 Å². The topological polar surface area (TPSA) is 224 Å².